The van der Waals surface area contributed by atoms with Gasteiger partial charge in [-0.3, -0.25) is 4.79 Å². The second-order valence-corrected chi connectivity index (χ2v) is 6.93. The van der Waals surface area contributed by atoms with Crippen molar-refractivity contribution in [3.05, 3.63) is 11.8 Å². The molecular formula is C15H22O2. The molecule has 3 aliphatic rings. The predicted molar refractivity (Wildman–Crippen MR) is 66.4 cm³/mol. The van der Waals surface area contributed by atoms with E-state index in [9.17, 15) is 4.79 Å². The molecule has 0 aromatic rings. The SMILES string of the molecule is CC1(C)CCCC2(C)C3C(=O)COC3=CCC12. The van der Waals surface area contributed by atoms with E-state index in [4.69, 9.17) is 4.74 Å². The molecule has 0 aromatic carbocycles. The second-order valence-electron chi connectivity index (χ2n) is 6.93. The fourth-order valence-corrected chi connectivity index (χ4v) is 4.68. The highest BCUT2D eigenvalue weighted by Crippen LogP contribution is 2.60. The van der Waals surface area contributed by atoms with Gasteiger partial charge in [0.15, 0.2) is 5.78 Å². The summed E-state index contributed by atoms with van der Waals surface area (Å²) in [7, 11) is 0. The van der Waals surface area contributed by atoms with Crippen LogP contribution < -0.4 is 0 Å². The van der Waals surface area contributed by atoms with Gasteiger partial charge in [-0.2, -0.15) is 0 Å². The van der Waals surface area contributed by atoms with Gasteiger partial charge in [0.2, 0.25) is 0 Å². The Labute approximate surface area is 103 Å². The average Bonchev–Trinajstić information content (AvgIpc) is 2.60. The van der Waals surface area contributed by atoms with Crippen molar-refractivity contribution in [1.82, 2.24) is 0 Å². The molecule has 1 heterocycles. The maximum absolute atomic E-state index is 12.1. The molecule has 0 aromatic heterocycles. The molecule has 1 saturated carbocycles. The number of ketones is 1. The third kappa shape index (κ3) is 1.42. The largest absolute Gasteiger partial charge is 0.490 e. The molecule has 2 aliphatic carbocycles. The third-order valence-corrected chi connectivity index (χ3v) is 5.48. The van der Waals surface area contributed by atoms with Crippen LogP contribution in [0.15, 0.2) is 11.8 Å². The summed E-state index contributed by atoms with van der Waals surface area (Å²) >= 11 is 0. The number of hydrogen-bond acceptors (Lipinski definition) is 2. The minimum atomic E-state index is 0.0563. The lowest BCUT2D eigenvalue weighted by Crippen LogP contribution is -2.49. The van der Waals surface area contributed by atoms with Crippen molar-refractivity contribution < 1.29 is 9.53 Å². The van der Waals surface area contributed by atoms with Gasteiger partial charge in [-0.15, -0.1) is 0 Å². The van der Waals surface area contributed by atoms with Crippen LogP contribution in [0.4, 0.5) is 0 Å². The van der Waals surface area contributed by atoms with E-state index in [1.807, 2.05) is 0 Å². The van der Waals surface area contributed by atoms with Crippen LogP contribution in [-0.2, 0) is 9.53 Å². The lowest BCUT2D eigenvalue weighted by atomic mass is 9.49. The van der Waals surface area contributed by atoms with Crippen molar-refractivity contribution >= 4 is 5.78 Å². The normalized spacial score (nSPS) is 43.5. The number of carbonyl (C=O) groups excluding carboxylic acids is 1. The Balaban J connectivity index is 2.05. The average molecular weight is 234 g/mol. The fourth-order valence-electron chi connectivity index (χ4n) is 4.68. The Morgan fingerprint density at radius 3 is 2.82 bits per heavy atom. The lowest BCUT2D eigenvalue weighted by Gasteiger charge is -2.54. The lowest BCUT2D eigenvalue weighted by molar-refractivity contribution is -0.128. The first-order valence-electron chi connectivity index (χ1n) is 6.81. The summed E-state index contributed by atoms with van der Waals surface area (Å²) < 4.78 is 5.56. The topological polar surface area (TPSA) is 26.3 Å². The van der Waals surface area contributed by atoms with E-state index in [1.54, 1.807) is 0 Å². The highest BCUT2D eigenvalue weighted by molar-refractivity contribution is 5.88. The van der Waals surface area contributed by atoms with Crippen molar-refractivity contribution in [2.75, 3.05) is 6.61 Å². The first-order chi connectivity index (χ1) is 7.95. The van der Waals surface area contributed by atoms with Gasteiger partial charge in [-0.05, 0) is 42.1 Å². The van der Waals surface area contributed by atoms with Crippen LogP contribution in [0, 0.1) is 22.7 Å². The molecule has 0 radical (unpaired) electrons. The summed E-state index contributed by atoms with van der Waals surface area (Å²) in [4.78, 5) is 12.1. The molecular weight excluding hydrogens is 212 g/mol. The number of ether oxygens (including phenoxy) is 1. The summed E-state index contributed by atoms with van der Waals surface area (Å²) in [5, 5.41) is 0. The standard InChI is InChI=1S/C15H22O2/c1-14(2)7-4-8-15(3)12(14)6-5-11-13(15)10(16)9-17-11/h5,12-13H,4,6-9H2,1-3H3. The first kappa shape index (κ1) is 11.3. The zero-order valence-electron chi connectivity index (χ0n) is 11.1. The van der Waals surface area contributed by atoms with Crippen molar-refractivity contribution in [2.45, 2.75) is 46.5 Å². The second kappa shape index (κ2) is 3.37. The van der Waals surface area contributed by atoms with Crippen LogP contribution in [0.5, 0.6) is 0 Å². The number of rotatable bonds is 0. The molecule has 0 bridgehead atoms. The Hall–Kier alpha value is -0.790. The summed E-state index contributed by atoms with van der Waals surface area (Å²) in [6, 6.07) is 0. The van der Waals surface area contributed by atoms with E-state index < -0.39 is 0 Å². The van der Waals surface area contributed by atoms with Crippen molar-refractivity contribution in [3.8, 4) is 0 Å². The maximum Gasteiger partial charge on any atom is 0.181 e. The first-order valence-corrected chi connectivity index (χ1v) is 6.81. The van der Waals surface area contributed by atoms with Crippen molar-refractivity contribution in [2.24, 2.45) is 22.7 Å². The number of allylic oxidation sites excluding steroid dienone is 2. The van der Waals surface area contributed by atoms with Crippen LogP contribution in [0.25, 0.3) is 0 Å². The monoisotopic (exact) mass is 234 g/mol. The molecule has 0 N–H and O–H groups in total. The molecule has 3 unspecified atom stereocenters. The summed E-state index contributed by atoms with van der Waals surface area (Å²) in [5.74, 6) is 1.97. The summed E-state index contributed by atoms with van der Waals surface area (Å²) in [6.07, 6.45) is 6.99. The Morgan fingerprint density at radius 2 is 2.06 bits per heavy atom. The van der Waals surface area contributed by atoms with Gasteiger partial charge < -0.3 is 4.74 Å². The molecule has 2 nitrogen and oxygen atoms in total. The summed E-state index contributed by atoms with van der Waals surface area (Å²) in [6.45, 7) is 7.37. The van der Waals surface area contributed by atoms with E-state index in [2.05, 4.69) is 26.8 Å². The van der Waals surface area contributed by atoms with Crippen LogP contribution in [0.1, 0.15) is 46.5 Å². The number of hydrogen-bond donors (Lipinski definition) is 0. The van der Waals surface area contributed by atoms with Crippen LogP contribution in [0.2, 0.25) is 0 Å². The molecule has 94 valence electrons. The van der Waals surface area contributed by atoms with Gasteiger partial charge in [0.05, 0.1) is 5.92 Å². The Morgan fingerprint density at radius 1 is 1.29 bits per heavy atom. The van der Waals surface area contributed by atoms with Crippen molar-refractivity contribution in [1.29, 1.82) is 0 Å². The molecule has 3 rings (SSSR count). The Bertz CT molecular complexity index is 394. The number of Topliss-reactive ketones (excluding diaryl/α,β-unsaturated/α-hetero) is 1. The third-order valence-electron chi connectivity index (χ3n) is 5.48. The van der Waals surface area contributed by atoms with Gasteiger partial charge in [0, 0.05) is 0 Å². The molecule has 3 atom stereocenters. The van der Waals surface area contributed by atoms with Crippen LogP contribution in [-0.4, -0.2) is 12.4 Å². The molecule has 0 amide bonds. The smallest absolute Gasteiger partial charge is 0.181 e. The van der Waals surface area contributed by atoms with E-state index in [1.165, 1.54) is 19.3 Å². The molecule has 1 aliphatic heterocycles. The number of fused-ring (bicyclic) bond motifs is 3. The molecule has 2 fully saturated rings. The van der Waals surface area contributed by atoms with Gasteiger partial charge in [0.25, 0.3) is 0 Å². The predicted octanol–water partition coefficient (Wildman–Crippen LogP) is 3.32. The fraction of sp³-hybridized carbons (Fsp3) is 0.800. The van der Waals surface area contributed by atoms with E-state index in [0.717, 1.165) is 12.2 Å². The zero-order chi connectivity index (χ0) is 12.3. The maximum atomic E-state index is 12.1. The Kier molecular flexibility index (Phi) is 2.24. The van der Waals surface area contributed by atoms with E-state index in [0.29, 0.717) is 23.7 Å². The minimum Gasteiger partial charge on any atom is -0.490 e. The van der Waals surface area contributed by atoms with Gasteiger partial charge in [0.1, 0.15) is 12.4 Å². The highest BCUT2D eigenvalue weighted by atomic mass is 16.5. The highest BCUT2D eigenvalue weighted by Gasteiger charge is 2.57. The van der Waals surface area contributed by atoms with Crippen LogP contribution in [0.3, 0.4) is 0 Å². The molecule has 1 saturated heterocycles. The summed E-state index contributed by atoms with van der Waals surface area (Å²) in [5.41, 5.74) is 0.497. The van der Waals surface area contributed by atoms with Gasteiger partial charge in [-0.1, -0.05) is 27.2 Å². The van der Waals surface area contributed by atoms with Crippen molar-refractivity contribution in [3.63, 3.8) is 0 Å². The van der Waals surface area contributed by atoms with E-state index in [-0.39, 0.29) is 11.3 Å². The molecule has 0 spiro atoms. The molecule has 2 heteroatoms. The number of carbonyl (C=O) groups is 1. The zero-order valence-corrected chi connectivity index (χ0v) is 11.1. The van der Waals surface area contributed by atoms with Gasteiger partial charge >= 0.3 is 0 Å². The quantitative estimate of drug-likeness (QED) is 0.642. The van der Waals surface area contributed by atoms with E-state index >= 15 is 0 Å². The minimum absolute atomic E-state index is 0.0563. The van der Waals surface area contributed by atoms with Crippen LogP contribution >= 0.6 is 0 Å². The van der Waals surface area contributed by atoms with Gasteiger partial charge in [-0.25, -0.2) is 0 Å². The molecule has 17 heavy (non-hydrogen) atoms.